The van der Waals surface area contributed by atoms with Crippen molar-refractivity contribution in [2.75, 3.05) is 0 Å². The van der Waals surface area contributed by atoms with Gasteiger partial charge in [0.25, 0.3) is 0 Å². The van der Waals surface area contributed by atoms with Crippen molar-refractivity contribution in [1.29, 1.82) is 0 Å². The van der Waals surface area contributed by atoms with Crippen molar-refractivity contribution in [3.8, 4) is 0 Å². The van der Waals surface area contributed by atoms with Crippen LogP contribution in [-0.4, -0.2) is 0 Å². The van der Waals surface area contributed by atoms with E-state index >= 15 is 0 Å². The summed E-state index contributed by atoms with van der Waals surface area (Å²) in [7, 11) is 0. The summed E-state index contributed by atoms with van der Waals surface area (Å²) in [5, 5.41) is 0. The molecule has 0 spiro atoms. The van der Waals surface area contributed by atoms with Crippen LogP contribution in [0.4, 0.5) is 0 Å². The third-order valence-electron chi connectivity index (χ3n) is 3.54. The summed E-state index contributed by atoms with van der Waals surface area (Å²) in [6.07, 6.45) is 6.99. The molecule has 2 aromatic rings. The minimum absolute atomic E-state index is 0. The van der Waals surface area contributed by atoms with Crippen molar-refractivity contribution in [3.05, 3.63) is 85.6 Å². The Hall–Kier alpha value is 0.648. The number of benzene rings is 2. The van der Waals surface area contributed by atoms with Gasteiger partial charge in [-0.2, -0.15) is 70.8 Å². The Morgan fingerprint density at radius 2 is 0.967 bits per heavy atom. The third kappa shape index (κ3) is 24.9. The predicted octanol–water partition coefficient (Wildman–Crippen LogP) is 8.95. The molecule has 2 heteroatoms. The van der Waals surface area contributed by atoms with Gasteiger partial charge in [-0.05, 0) is 0 Å². The molecule has 0 nitrogen and oxygen atoms in total. The molecule has 2 rings (SSSR count). The number of hydrogen-bond donors (Lipinski definition) is 0. The van der Waals surface area contributed by atoms with Gasteiger partial charge in [0, 0.05) is 65.4 Å². The molecule has 2 aromatic carbocycles. The fraction of sp³-hybridized carbons (Fsp3) is 0.500. The van der Waals surface area contributed by atoms with Gasteiger partial charge in [0.1, 0.15) is 0 Å². The van der Waals surface area contributed by atoms with E-state index in [-0.39, 0.29) is 80.3 Å². The zero-order valence-corrected chi connectivity index (χ0v) is 27.5. The Kier molecular flexibility index (Phi) is 50.6. The summed E-state index contributed by atoms with van der Waals surface area (Å²) >= 11 is 0. The summed E-state index contributed by atoms with van der Waals surface area (Å²) in [6.45, 7) is 17.2. The first-order valence-corrected chi connectivity index (χ1v) is 10.5. The molecule has 0 saturated carbocycles. The Morgan fingerprint density at radius 1 is 0.567 bits per heavy atom. The van der Waals surface area contributed by atoms with E-state index < -0.39 is 0 Å². The van der Waals surface area contributed by atoms with Crippen LogP contribution in [0.1, 0.15) is 90.5 Å². The molecule has 0 aliphatic rings. The normalized spacial score (nSPS) is 7.73. The van der Waals surface area contributed by atoms with Gasteiger partial charge in [-0.15, -0.1) is 0 Å². The maximum absolute atomic E-state index is 3.13. The minimum Gasteiger partial charge on any atom is -0.358 e. The zero-order chi connectivity index (χ0) is 20.2. The summed E-state index contributed by atoms with van der Waals surface area (Å²) in [6, 6.07) is 18.8. The van der Waals surface area contributed by atoms with E-state index in [1.807, 2.05) is 6.07 Å². The largest absolute Gasteiger partial charge is 0.358 e. The quantitative estimate of drug-likeness (QED) is 0.327. The average molecular weight is 563 g/mol. The van der Waals surface area contributed by atoms with Gasteiger partial charge in [0.15, 0.2) is 0 Å². The van der Waals surface area contributed by atoms with Crippen LogP contribution < -0.4 is 0 Å². The Bertz CT molecular complexity index is 491. The first-order chi connectivity index (χ1) is 12.6. The third-order valence-corrected chi connectivity index (χ3v) is 3.54. The van der Waals surface area contributed by atoms with Crippen LogP contribution in [0, 0.1) is 27.0 Å². The molecule has 0 fully saturated rings. The van der Waals surface area contributed by atoms with E-state index in [1.165, 1.54) is 35.1 Å². The van der Waals surface area contributed by atoms with Crippen molar-refractivity contribution >= 4 is 0 Å². The van der Waals surface area contributed by atoms with E-state index in [1.54, 1.807) is 0 Å². The van der Waals surface area contributed by atoms with Crippen LogP contribution in [-0.2, 0) is 91.1 Å². The van der Waals surface area contributed by atoms with Crippen molar-refractivity contribution < 1.29 is 65.4 Å². The second-order valence-corrected chi connectivity index (χ2v) is 6.27. The van der Waals surface area contributed by atoms with E-state index in [4.69, 9.17) is 0 Å². The monoisotopic (exact) mass is 562 g/mol. The van der Waals surface area contributed by atoms with Crippen LogP contribution in [0.15, 0.2) is 36.4 Å². The smallest absolute Gasteiger partial charge is 0 e. The second kappa shape index (κ2) is 34.3. The number of rotatable bonds is 4. The number of aryl methyl sites for hydroxylation is 4. The predicted molar refractivity (Wildman–Crippen MR) is 133 cm³/mol. The van der Waals surface area contributed by atoms with Crippen molar-refractivity contribution in [1.82, 2.24) is 0 Å². The molecule has 2 radical (unpaired) electrons. The van der Waals surface area contributed by atoms with Crippen molar-refractivity contribution in [2.45, 2.75) is 93.9 Å². The van der Waals surface area contributed by atoms with Gasteiger partial charge in [-0.25, -0.2) is 0 Å². The molecule has 0 atom stereocenters. The molecule has 30 heavy (non-hydrogen) atoms. The standard InChI is InChI=1S/2C10H13.2C3H8.2CH3.2Y/c1-3-9-6-5-7-10(4-2)8-9;1-3-9-7-5-6-8-10(9)4-2;2*1-3-2;;;;/h6-8H,3-4H2,1-2H3;5,7-8H,3-4H2,1-2H3;2*3H2,1-2H3;2*1H3;;/q2*-1;;;2*-1;;. The first-order valence-electron chi connectivity index (χ1n) is 10.5. The van der Waals surface area contributed by atoms with E-state index in [0.717, 1.165) is 25.7 Å². The summed E-state index contributed by atoms with van der Waals surface area (Å²) in [5.74, 6) is 0. The van der Waals surface area contributed by atoms with E-state index in [0.29, 0.717) is 0 Å². The Balaban J connectivity index is -0.0000000689. The molecule has 0 aliphatic carbocycles. The van der Waals surface area contributed by atoms with Crippen LogP contribution in [0.3, 0.4) is 0 Å². The van der Waals surface area contributed by atoms with Crippen molar-refractivity contribution in [2.24, 2.45) is 0 Å². The molecular formula is C28H48Y2-4. The molecule has 0 saturated heterocycles. The first kappa shape index (κ1) is 44.3. The Morgan fingerprint density at radius 3 is 1.27 bits per heavy atom. The summed E-state index contributed by atoms with van der Waals surface area (Å²) in [5.41, 5.74) is 5.67. The molecule has 0 N–H and O–H groups in total. The van der Waals surface area contributed by atoms with Crippen LogP contribution in [0.25, 0.3) is 0 Å². The zero-order valence-electron chi connectivity index (χ0n) is 21.9. The van der Waals surface area contributed by atoms with Crippen molar-refractivity contribution in [3.63, 3.8) is 0 Å². The van der Waals surface area contributed by atoms with Crippen LogP contribution in [0.2, 0.25) is 0 Å². The molecule has 0 aliphatic heterocycles. The van der Waals surface area contributed by atoms with Gasteiger partial charge in [0.05, 0.1) is 0 Å². The summed E-state index contributed by atoms with van der Waals surface area (Å²) in [4.78, 5) is 0. The van der Waals surface area contributed by atoms with E-state index in [2.05, 4.69) is 97.9 Å². The number of hydrogen-bond acceptors (Lipinski definition) is 0. The average Bonchev–Trinajstić information content (AvgIpc) is 2.69. The van der Waals surface area contributed by atoms with E-state index in [9.17, 15) is 0 Å². The molecule has 0 bridgehead atoms. The molecule has 170 valence electrons. The van der Waals surface area contributed by atoms with Gasteiger partial charge in [-0.1, -0.05) is 93.9 Å². The van der Waals surface area contributed by atoms with Crippen LogP contribution >= 0.6 is 0 Å². The fourth-order valence-electron chi connectivity index (χ4n) is 2.16. The van der Waals surface area contributed by atoms with Gasteiger partial charge in [-0.3, -0.25) is 0 Å². The second-order valence-electron chi connectivity index (χ2n) is 6.27. The maximum Gasteiger partial charge on any atom is 0 e. The molecule has 0 unspecified atom stereocenters. The maximum atomic E-state index is 3.13. The molecule has 0 heterocycles. The molecule has 0 aromatic heterocycles. The van der Waals surface area contributed by atoms with Gasteiger partial charge < -0.3 is 14.9 Å². The fourth-order valence-corrected chi connectivity index (χ4v) is 2.16. The van der Waals surface area contributed by atoms with Gasteiger partial charge >= 0.3 is 0 Å². The van der Waals surface area contributed by atoms with Gasteiger partial charge in [0.2, 0.25) is 0 Å². The Labute approximate surface area is 242 Å². The molecule has 0 amide bonds. The topological polar surface area (TPSA) is 0 Å². The molecular weight excluding hydrogens is 514 g/mol. The minimum atomic E-state index is 0. The summed E-state index contributed by atoms with van der Waals surface area (Å²) < 4.78 is 0. The van der Waals surface area contributed by atoms with Crippen LogP contribution in [0.5, 0.6) is 0 Å². The SMILES string of the molecule is CCC.CCC.CCc1c[c-]cc(CC)c1.CCc1c[c-]ccc1CC.[CH3-].[CH3-].[Y].[Y].